The molecule has 108 valence electrons. The van der Waals surface area contributed by atoms with Gasteiger partial charge >= 0.3 is 0 Å². The van der Waals surface area contributed by atoms with Gasteiger partial charge in [-0.3, -0.25) is 4.79 Å². The van der Waals surface area contributed by atoms with Crippen LogP contribution in [0.3, 0.4) is 0 Å². The van der Waals surface area contributed by atoms with Crippen LogP contribution in [0.15, 0.2) is 18.2 Å². The Bertz CT molecular complexity index is 537. The van der Waals surface area contributed by atoms with E-state index in [2.05, 4.69) is 30.5 Å². The van der Waals surface area contributed by atoms with Gasteiger partial charge in [-0.1, -0.05) is 31.5 Å². The molecule has 2 aliphatic carbocycles. The third-order valence-electron chi connectivity index (χ3n) is 4.26. The lowest BCUT2D eigenvalue weighted by molar-refractivity contribution is -0.120. The number of carbonyl (C=O) groups is 1. The fourth-order valence-corrected chi connectivity index (χ4v) is 3.28. The van der Waals surface area contributed by atoms with Crippen molar-refractivity contribution >= 4 is 17.5 Å². The topological polar surface area (TPSA) is 41.1 Å². The molecule has 0 saturated heterocycles. The molecule has 3 rings (SSSR count). The highest BCUT2D eigenvalue weighted by molar-refractivity contribution is 6.30. The fraction of sp³-hybridized carbons (Fsp3) is 0.562. The Balaban J connectivity index is 1.70. The van der Waals surface area contributed by atoms with Crippen LogP contribution in [0.25, 0.3) is 0 Å². The molecule has 2 aliphatic rings. The molecule has 0 aromatic heterocycles. The zero-order valence-electron chi connectivity index (χ0n) is 12.0. The molecule has 20 heavy (non-hydrogen) atoms. The van der Waals surface area contributed by atoms with Crippen LogP contribution >= 0.6 is 11.6 Å². The van der Waals surface area contributed by atoms with Crippen LogP contribution in [-0.4, -0.2) is 18.5 Å². The van der Waals surface area contributed by atoms with Crippen LogP contribution in [0.4, 0.5) is 0 Å². The molecule has 0 aliphatic heterocycles. The second-order valence-corrected chi connectivity index (χ2v) is 7.10. The summed E-state index contributed by atoms with van der Waals surface area (Å²) in [4.78, 5) is 11.8. The Morgan fingerprint density at radius 3 is 2.85 bits per heavy atom. The van der Waals surface area contributed by atoms with Crippen molar-refractivity contribution in [3.8, 4) is 0 Å². The number of halogens is 1. The Morgan fingerprint density at radius 2 is 2.15 bits per heavy atom. The monoisotopic (exact) mass is 292 g/mol. The van der Waals surface area contributed by atoms with Crippen molar-refractivity contribution in [2.24, 2.45) is 5.41 Å². The van der Waals surface area contributed by atoms with Crippen molar-refractivity contribution in [3.05, 3.63) is 34.3 Å². The smallest absolute Gasteiger partial charge is 0.234 e. The molecule has 4 heteroatoms. The van der Waals surface area contributed by atoms with E-state index >= 15 is 0 Å². The molecule has 1 aromatic rings. The zero-order chi connectivity index (χ0) is 14.3. The van der Waals surface area contributed by atoms with Crippen molar-refractivity contribution in [1.82, 2.24) is 10.6 Å². The molecule has 0 bridgehead atoms. The molecular weight excluding hydrogens is 272 g/mol. The molecular formula is C16H21ClN2O. The second-order valence-electron chi connectivity index (χ2n) is 6.66. The van der Waals surface area contributed by atoms with E-state index in [4.69, 9.17) is 11.6 Å². The summed E-state index contributed by atoms with van der Waals surface area (Å²) in [6.07, 6.45) is 3.26. The third kappa shape index (κ3) is 2.84. The highest BCUT2D eigenvalue weighted by Crippen LogP contribution is 2.45. The molecule has 2 N–H and O–H groups in total. The van der Waals surface area contributed by atoms with Crippen molar-refractivity contribution < 1.29 is 4.79 Å². The number of hydrogen-bond donors (Lipinski definition) is 2. The first kappa shape index (κ1) is 13.9. The van der Waals surface area contributed by atoms with E-state index < -0.39 is 0 Å². The van der Waals surface area contributed by atoms with Gasteiger partial charge in [-0.2, -0.15) is 0 Å². The summed E-state index contributed by atoms with van der Waals surface area (Å²) in [6, 6.07) is 6.68. The molecule has 1 aromatic carbocycles. The Morgan fingerprint density at radius 1 is 1.40 bits per heavy atom. The summed E-state index contributed by atoms with van der Waals surface area (Å²) < 4.78 is 0. The van der Waals surface area contributed by atoms with Gasteiger partial charge in [0.1, 0.15) is 0 Å². The predicted molar refractivity (Wildman–Crippen MR) is 80.8 cm³/mol. The number of carbonyl (C=O) groups excluding carboxylic acids is 1. The highest BCUT2D eigenvalue weighted by atomic mass is 35.5. The van der Waals surface area contributed by atoms with E-state index in [1.807, 2.05) is 12.1 Å². The van der Waals surface area contributed by atoms with Gasteiger partial charge in [0.15, 0.2) is 0 Å². The van der Waals surface area contributed by atoms with E-state index in [-0.39, 0.29) is 17.4 Å². The molecule has 0 heterocycles. The SMILES string of the molecule is CC1(C)Cc2ccc(Cl)cc2C1NCC(=O)NC1CC1. The summed E-state index contributed by atoms with van der Waals surface area (Å²) in [5.41, 5.74) is 2.67. The Hall–Kier alpha value is -1.06. The van der Waals surface area contributed by atoms with Crippen molar-refractivity contribution in [2.75, 3.05) is 6.54 Å². The van der Waals surface area contributed by atoms with Gasteiger partial charge in [-0.15, -0.1) is 0 Å². The van der Waals surface area contributed by atoms with E-state index in [1.165, 1.54) is 11.1 Å². The van der Waals surface area contributed by atoms with Gasteiger partial charge in [0.25, 0.3) is 0 Å². The zero-order valence-corrected chi connectivity index (χ0v) is 12.8. The van der Waals surface area contributed by atoms with Gasteiger partial charge in [-0.05, 0) is 47.9 Å². The van der Waals surface area contributed by atoms with Crippen LogP contribution in [0.2, 0.25) is 5.02 Å². The van der Waals surface area contributed by atoms with Crippen LogP contribution in [-0.2, 0) is 11.2 Å². The van der Waals surface area contributed by atoms with Gasteiger partial charge in [0, 0.05) is 17.1 Å². The normalized spacial score (nSPS) is 23.4. The van der Waals surface area contributed by atoms with Gasteiger partial charge in [0.05, 0.1) is 6.54 Å². The maximum atomic E-state index is 11.8. The number of rotatable bonds is 4. The van der Waals surface area contributed by atoms with Crippen molar-refractivity contribution in [1.29, 1.82) is 0 Å². The molecule has 1 saturated carbocycles. The summed E-state index contributed by atoms with van der Waals surface area (Å²) in [5, 5.41) is 7.19. The standard InChI is InChI=1S/C16H21ClN2O/c1-16(2)8-10-3-4-11(17)7-13(10)15(16)18-9-14(20)19-12-5-6-12/h3-4,7,12,15,18H,5-6,8-9H2,1-2H3,(H,19,20). The largest absolute Gasteiger partial charge is 0.352 e. The lowest BCUT2D eigenvalue weighted by Crippen LogP contribution is -2.39. The lowest BCUT2D eigenvalue weighted by Gasteiger charge is -2.28. The van der Waals surface area contributed by atoms with Crippen molar-refractivity contribution in [3.63, 3.8) is 0 Å². The van der Waals surface area contributed by atoms with Gasteiger partial charge in [-0.25, -0.2) is 0 Å². The number of hydrogen-bond acceptors (Lipinski definition) is 2. The summed E-state index contributed by atoms with van der Waals surface area (Å²) in [5.74, 6) is 0.0961. The number of nitrogens with one attached hydrogen (secondary N) is 2. The maximum Gasteiger partial charge on any atom is 0.234 e. The fourth-order valence-electron chi connectivity index (χ4n) is 3.10. The predicted octanol–water partition coefficient (Wildman–Crippen LogP) is 2.83. The van der Waals surface area contributed by atoms with Crippen LogP contribution < -0.4 is 10.6 Å². The lowest BCUT2D eigenvalue weighted by atomic mass is 9.85. The molecule has 1 amide bonds. The average molecular weight is 293 g/mol. The third-order valence-corrected chi connectivity index (χ3v) is 4.49. The van der Waals surface area contributed by atoms with E-state index in [1.54, 1.807) is 0 Å². The first-order valence-electron chi connectivity index (χ1n) is 7.27. The Kier molecular flexibility index (Phi) is 3.51. The van der Waals surface area contributed by atoms with Gasteiger partial charge < -0.3 is 10.6 Å². The number of amides is 1. The molecule has 0 radical (unpaired) electrons. The summed E-state index contributed by atoms with van der Waals surface area (Å²) in [7, 11) is 0. The highest BCUT2D eigenvalue weighted by Gasteiger charge is 2.39. The van der Waals surface area contributed by atoms with E-state index in [9.17, 15) is 4.79 Å². The first-order valence-corrected chi connectivity index (χ1v) is 7.64. The first-order chi connectivity index (χ1) is 9.45. The van der Waals surface area contributed by atoms with E-state index in [0.29, 0.717) is 12.6 Å². The minimum atomic E-state index is 0.0961. The van der Waals surface area contributed by atoms with Crippen LogP contribution in [0.1, 0.15) is 43.9 Å². The molecule has 3 nitrogen and oxygen atoms in total. The quantitative estimate of drug-likeness (QED) is 0.896. The number of fused-ring (bicyclic) bond motifs is 1. The molecule has 1 unspecified atom stereocenters. The maximum absolute atomic E-state index is 11.8. The summed E-state index contributed by atoms with van der Waals surface area (Å²) >= 11 is 6.11. The Labute approximate surface area is 125 Å². The average Bonchev–Trinajstić information content (AvgIpc) is 3.11. The van der Waals surface area contributed by atoms with Crippen LogP contribution in [0.5, 0.6) is 0 Å². The summed E-state index contributed by atoms with van der Waals surface area (Å²) in [6.45, 7) is 4.84. The second kappa shape index (κ2) is 5.05. The number of benzene rings is 1. The van der Waals surface area contributed by atoms with Crippen molar-refractivity contribution in [2.45, 2.75) is 45.2 Å². The minimum absolute atomic E-state index is 0.0961. The minimum Gasteiger partial charge on any atom is -0.352 e. The molecule has 0 spiro atoms. The van der Waals surface area contributed by atoms with Crippen LogP contribution in [0, 0.1) is 5.41 Å². The van der Waals surface area contributed by atoms with E-state index in [0.717, 1.165) is 24.3 Å². The molecule has 1 fully saturated rings. The van der Waals surface area contributed by atoms with Gasteiger partial charge in [0.2, 0.25) is 5.91 Å². The molecule has 1 atom stereocenters.